The minimum Gasteiger partial charge on any atom is -0.269 e. The van der Waals surface area contributed by atoms with Gasteiger partial charge in [0.25, 0.3) is 11.8 Å². The predicted octanol–water partition coefficient (Wildman–Crippen LogP) is 3.60. The van der Waals surface area contributed by atoms with Crippen molar-refractivity contribution in [3.63, 3.8) is 0 Å². The number of aryl methyl sites for hydroxylation is 1. The first-order chi connectivity index (χ1) is 11.7. The van der Waals surface area contributed by atoms with E-state index in [2.05, 4.69) is 23.0 Å². The predicted molar refractivity (Wildman–Crippen MR) is 94.5 cm³/mol. The molecule has 0 saturated heterocycles. The number of nitrogens with zero attached hydrogens (tertiary/aromatic N) is 3. The molecule has 0 bridgehead atoms. The van der Waals surface area contributed by atoms with E-state index in [0.29, 0.717) is 11.1 Å². The lowest BCUT2D eigenvalue weighted by molar-refractivity contribution is 0.0684. The number of thioether (sulfide) groups is 1. The monoisotopic (exact) mass is 355 g/mol. The molecule has 0 spiro atoms. The Kier molecular flexibility index (Phi) is 3.82. The van der Waals surface area contributed by atoms with Gasteiger partial charge in [0.15, 0.2) is 0 Å². The van der Waals surface area contributed by atoms with Crippen LogP contribution in [-0.4, -0.2) is 32.6 Å². The molecule has 0 radical (unpaired) electrons. The zero-order valence-corrected chi connectivity index (χ0v) is 14.5. The molecule has 1 aliphatic heterocycles. The van der Waals surface area contributed by atoms with Gasteiger partial charge < -0.3 is 0 Å². The van der Waals surface area contributed by atoms with Crippen molar-refractivity contribution >= 4 is 45.1 Å². The molecule has 24 heavy (non-hydrogen) atoms. The summed E-state index contributed by atoms with van der Waals surface area (Å²) in [4.78, 5) is 36.9. The van der Waals surface area contributed by atoms with Gasteiger partial charge in [-0.2, -0.15) is 0 Å². The lowest BCUT2D eigenvalue weighted by Gasteiger charge is -2.12. The molecule has 1 aliphatic rings. The lowest BCUT2D eigenvalue weighted by Crippen LogP contribution is -2.29. The summed E-state index contributed by atoms with van der Waals surface area (Å²) in [5.41, 5.74) is 0.944. The van der Waals surface area contributed by atoms with Gasteiger partial charge in [0.2, 0.25) is 0 Å². The third-order valence-electron chi connectivity index (χ3n) is 3.90. The van der Waals surface area contributed by atoms with Gasteiger partial charge >= 0.3 is 0 Å². The molecule has 0 saturated carbocycles. The fourth-order valence-electron chi connectivity index (χ4n) is 2.66. The molecule has 2 amide bonds. The van der Waals surface area contributed by atoms with Gasteiger partial charge in [-0.1, -0.05) is 30.8 Å². The van der Waals surface area contributed by atoms with Crippen molar-refractivity contribution in [2.45, 2.75) is 18.4 Å². The summed E-state index contributed by atoms with van der Waals surface area (Å²) in [5, 5.41) is 1.79. The second-order valence-corrected chi connectivity index (χ2v) is 7.37. The summed E-state index contributed by atoms with van der Waals surface area (Å²) in [5.74, 6) is -0.239. The summed E-state index contributed by atoms with van der Waals surface area (Å²) >= 11 is 3.04. The van der Waals surface area contributed by atoms with Gasteiger partial charge in [0.05, 0.1) is 17.0 Å². The number of fused-ring (bicyclic) bond motifs is 2. The number of carbonyl (C=O) groups excluding carboxylic acids is 2. The molecular formula is C17H13N3O2S2. The number of carbonyl (C=O) groups is 2. The van der Waals surface area contributed by atoms with Crippen LogP contribution in [0, 0.1) is 0 Å². The molecule has 5 nitrogen and oxygen atoms in total. The fraction of sp³-hybridized carbons (Fsp3) is 0.176. The molecule has 0 N–H and O–H groups in total. The molecule has 2 aromatic heterocycles. The van der Waals surface area contributed by atoms with E-state index < -0.39 is 0 Å². The van der Waals surface area contributed by atoms with Crippen LogP contribution >= 0.6 is 23.1 Å². The van der Waals surface area contributed by atoms with Crippen LogP contribution in [0.5, 0.6) is 0 Å². The largest absolute Gasteiger partial charge is 0.269 e. The topological polar surface area (TPSA) is 63.2 Å². The Hall–Kier alpha value is -2.25. The van der Waals surface area contributed by atoms with Crippen molar-refractivity contribution in [3.8, 4) is 0 Å². The number of aromatic nitrogens is 2. The highest BCUT2D eigenvalue weighted by Gasteiger charge is 2.35. The summed E-state index contributed by atoms with van der Waals surface area (Å²) in [6, 6.07) is 9.01. The van der Waals surface area contributed by atoms with Crippen molar-refractivity contribution in [1.82, 2.24) is 14.9 Å². The minimum atomic E-state index is -0.243. The first kappa shape index (κ1) is 15.3. The zero-order chi connectivity index (χ0) is 16.7. The second kappa shape index (κ2) is 5.99. The summed E-state index contributed by atoms with van der Waals surface area (Å²) in [6.45, 7) is 2.10. The van der Waals surface area contributed by atoms with Crippen LogP contribution in [-0.2, 0) is 6.42 Å². The molecular weight excluding hydrogens is 342 g/mol. The molecule has 1 aromatic carbocycles. The third-order valence-corrected chi connectivity index (χ3v) is 6.07. The number of hydrogen-bond donors (Lipinski definition) is 0. The smallest absolute Gasteiger partial charge is 0.262 e. The number of thiophene rings is 1. The van der Waals surface area contributed by atoms with E-state index in [9.17, 15) is 9.59 Å². The highest BCUT2D eigenvalue weighted by Crippen LogP contribution is 2.32. The van der Waals surface area contributed by atoms with E-state index >= 15 is 0 Å². The maximum atomic E-state index is 12.4. The fourth-order valence-corrected chi connectivity index (χ4v) is 4.57. The molecule has 0 fully saturated rings. The van der Waals surface area contributed by atoms with Crippen molar-refractivity contribution < 1.29 is 9.59 Å². The number of hydrogen-bond acceptors (Lipinski definition) is 6. The van der Waals surface area contributed by atoms with Gasteiger partial charge in [-0.05, 0) is 24.6 Å². The molecule has 120 valence electrons. The molecule has 7 heteroatoms. The molecule has 3 aromatic rings. The van der Waals surface area contributed by atoms with Gasteiger partial charge in [0, 0.05) is 10.3 Å². The summed E-state index contributed by atoms with van der Waals surface area (Å²) < 4.78 is 0. The average Bonchev–Trinajstić information content (AvgIpc) is 3.14. The van der Waals surface area contributed by atoms with E-state index in [1.807, 2.05) is 0 Å². The van der Waals surface area contributed by atoms with Gasteiger partial charge in [-0.15, -0.1) is 11.3 Å². The van der Waals surface area contributed by atoms with Crippen LogP contribution in [0.3, 0.4) is 0 Å². The van der Waals surface area contributed by atoms with E-state index in [4.69, 9.17) is 0 Å². The SMILES string of the molecule is CCc1cc2c(SCN3C(=O)c4ccccc4C3=O)ncnc2s1. The van der Waals surface area contributed by atoms with Crippen molar-refractivity contribution in [2.24, 2.45) is 0 Å². The Morgan fingerprint density at radius 1 is 1.12 bits per heavy atom. The molecule has 3 heterocycles. The number of rotatable bonds is 4. The maximum absolute atomic E-state index is 12.4. The highest BCUT2D eigenvalue weighted by molar-refractivity contribution is 7.99. The second-order valence-electron chi connectivity index (χ2n) is 5.32. The minimum absolute atomic E-state index is 0.243. The Morgan fingerprint density at radius 3 is 2.50 bits per heavy atom. The van der Waals surface area contributed by atoms with E-state index in [-0.39, 0.29) is 17.7 Å². The van der Waals surface area contributed by atoms with Crippen LogP contribution in [0.2, 0.25) is 0 Å². The molecule has 0 unspecified atom stereocenters. The van der Waals surface area contributed by atoms with Crippen LogP contribution in [0.15, 0.2) is 41.7 Å². The highest BCUT2D eigenvalue weighted by atomic mass is 32.2. The Bertz CT molecular complexity index is 932. The number of amides is 2. The Labute approximate surface area is 146 Å². The number of benzene rings is 1. The number of imide groups is 1. The maximum Gasteiger partial charge on any atom is 0.262 e. The average molecular weight is 355 g/mol. The summed E-state index contributed by atoms with van der Waals surface area (Å²) in [7, 11) is 0. The molecule has 0 aliphatic carbocycles. The Balaban J connectivity index is 1.59. The zero-order valence-electron chi connectivity index (χ0n) is 12.9. The van der Waals surface area contributed by atoms with E-state index in [1.165, 1.54) is 27.9 Å². The molecule has 0 atom stereocenters. The van der Waals surface area contributed by atoms with Crippen molar-refractivity contribution in [2.75, 3.05) is 5.88 Å². The third kappa shape index (κ3) is 2.40. The van der Waals surface area contributed by atoms with Gasteiger partial charge in [-0.25, -0.2) is 9.97 Å². The van der Waals surface area contributed by atoms with Gasteiger partial charge in [-0.3, -0.25) is 14.5 Å². The molecule has 4 rings (SSSR count). The standard InChI is InChI=1S/C17H13N3O2S2/c1-2-10-7-13-14(18-8-19-15(13)24-10)23-9-20-16(21)11-5-3-4-6-12(11)17(20)22/h3-8H,2,9H2,1H3. The van der Waals surface area contributed by atoms with E-state index in [1.54, 1.807) is 35.6 Å². The van der Waals surface area contributed by atoms with Gasteiger partial charge in [0.1, 0.15) is 16.2 Å². The van der Waals surface area contributed by atoms with Crippen molar-refractivity contribution in [3.05, 3.63) is 52.7 Å². The van der Waals surface area contributed by atoms with Crippen LogP contribution in [0.4, 0.5) is 0 Å². The normalized spacial score (nSPS) is 13.8. The van der Waals surface area contributed by atoms with E-state index in [0.717, 1.165) is 21.7 Å². The lowest BCUT2D eigenvalue weighted by atomic mass is 10.1. The first-order valence-electron chi connectivity index (χ1n) is 7.50. The van der Waals surface area contributed by atoms with Crippen LogP contribution in [0.25, 0.3) is 10.2 Å². The first-order valence-corrected chi connectivity index (χ1v) is 9.30. The van der Waals surface area contributed by atoms with Crippen molar-refractivity contribution in [1.29, 1.82) is 0 Å². The van der Waals surface area contributed by atoms with Crippen LogP contribution in [0.1, 0.15) is 32.5 Å². The van der Waals surface area contributed by atoms with Crippen LogP contribution < -0.4 is 0 Å². The Morgan fingerprint density at radius 2 is 1.83 bits per heavy atom. The quantitative estimate of drug-likeness (QED) is 0.406. The summed E-state index contributed by atoms with van der Waals surface area (Å²) in [6.07, 6.45) is 2.48.